The number of para-hydroxylation sites is 1. The Morgan fingerprint density at radius 2 is 2.12 bits per heavy atom. The third-order valence-electron chi connectivity index (χ3n) is 4.04. The van der Waals surface area contributed by atoms with Crippen molar-refractivity contribution in [2.75, 3.05) is 20.8 Å². The van der Waals surface area contributed by atoms with E-state index in [0.717, 1.165) is 10.7 Å². The van der Waals surface area contributed by atoms with Gasteiger partial charge in [-0.25, -0.2) is 9.79 Å². The minimum atomic E-state index is -0.386. The molecule has 2 aliphatic heterocycles. The van der Waals surface area contributed by atoms with Gasteiger partial charge in [-0.2, -0.15) is 0 Å². The molecule has 0 unspecified atom stereocenters. The largest absolute Gasteiger partial charge is 0.493 e. The maximum Gasteiger partial charge on any atom is 0.338 e. The van der Waals surface area contributed by atoms with Crippen LogP contribution in [0.2, 0.25) is 0 Å². The highest BCUT2D eigenvalue weighted by molar-refractivity contribution is 8.16. The predicted octanol–water partition coefficient (Wildman–Crippen LogP) is 3.47. The Hall–Kier alpha value is -2.41. The van der Waals surface area contributed by atoms with Crippen molar-refractivity contribution in [3.05, 3.63) is 46.6 Å². The lowest BCUT2D eigenvalue weighted by atomic mass is 9.93. The summed E-state index contributed by atoms with van der Waals surface area (Å²) in [6, 6.07) is 5.25. The van der Waals surface area contributed by atoms with Crippen LogP contribution in [-0.2, 0) is 9.53 Å². The summed E-state index contributed by atoms with van der Waals surface area (Å²) in [5.74, 6) is 0.833. The average Bonchev–Trinajstić information content (AvgIpc) is 3.07. The zero-order valence-electron chi connectivity index (χ0n) is 14.6. The van der Waals surface area contributed by atoms with Crippen LogP contribution < -0.4 is 9.47 Å². The number of amidine groups is 1. The van der Waals surface area contributed by atoms with Gasteiger partial charge in [0.2, 0.25) is 0 Å². The summed E-state index contributed by atoms with van der Waals surface area (Å²) in [5.41, 5.74) is 1.98. The van der Waals surface area contributed by atoms with Gasteiger partial charge in [0.1, 0.15) is 0 Å². The maximum atomic E-state index is 12.7. The fraction of sp³-hybridized carbons (Fsp3) is 0.333. The first-order valence-electron chi connectivity index (χ1n) is 7.91. The number of allylic oxidation sites excluding steroid dienone is 1. The van der Waals surface area contributed by atoms with Gasteiger partial charge in [-0.05, 0) is 25.3 Å². The number of ether oxygens (including phenoxy) is 3. The van der Waals surface area contributed by atoms with Gasteiger partial charge in [0.05, 0.1) is 38.1 Å². The van der Waals surface area contributed by atoms with Crippen molar-refractivity contribution < 1.29 is 19.0 Å². The van der Waals surface area contributed by atoms with Crippen LogP contribution in [0.3, 0.4) is 0 Å². The van der Waals surface area contributed by atoms with E-state index >= 15 is 0 Å². The number of hydrogen-bond donors (Lipinski definition) is 0. The van der Waals surface area contributed by atoms with E-state index in [-0.39, 0.29) is 12.0 Å². The molecule has 0 N–H and O–H groups in total. The van der Waals surface area contributed by atoms with Crippen LogP contribution in [0.25, 0.3) is 0 Å². The summed E-state index contributed by atoms with van der Waals surface area (Å²) in [6.07, 6.45) is 1.92. The third kappa shape index (κ3) is 3.00. The molecule has 0 fully saturated rings. The minimum Gasteiger partial charge on any atom is -0.493 e. The van der Waals surface area contributed by atoms with Crippen LogP contribution in [-0.4, -0.2) is 36.9 Å². The van der Waals surface area contributed by atoms with E-state index in [9.17, 15) is 4.79 Å². The molecule has 0 radical (unpaired) electrons. The number of fused-ring (bicyclic) bond motifs is 1. The molecular formula is C18H20N2O4S. The number of aliphatic imine (C=N–C) groups is 1. The van der Waals surface area contributed by atoms with E-state index in [1.165, 1.54) is 11.8 Å². The summed E-state index contributed by atoms with van der Waals surface area (Å²) in [7, 11) is 3.18. The molecule has 1 aromatic rings. The lowest BCUT2D eigenvalue weighted by Gasteiger charge is -2.34. The van der Waals surface area contributed by atoms with Gasteiger partial charge < -0.3 is 19.1 Å². The van der Waals surface area contributed by atoms with Crippen LogP contribution >= 0.6 is 11.8 Å². The Kier molecular flexibility index (Phi) is 5.03. The average molecular weight is 360 g/mol. The number of esters is 1. The Morgan fingerprint density at radius 1 is 1.32 bits per heavy atom. The standard InChI is InChI=1S/C18H20N2O4S/c1-5-24-17(21)14-11(2)19-18-20(9-10-25-18)15(14)12-7-6-8-13(22-3)16(12)23-4/h6-10,15H,5H2,1-4H3/t15-/m1/s1. The minimum absolute atomic E-state index is 0.304. The van der Waals surface area contributed by atoms with E-state index in [0.29, 0.717) is 29.4 Å². The van der Waals surface area contributed by atoms with E-state index in [1.807, 2.05) is 41.6 Å². The molecule has 0 aromatic heterocycles. The molecule has 0 bridgehead atoms. The van der Waals surface area contributed by atoms with Gasteiger partial charge in [0.25, 0.3) is 0 Å². The number of nitrogens with zero attached hydrogens (tertiary/aromatic N) is 2. The number of hydrogen-bond acceptors (Lipinski definition) is 7. The van der Waals surface area contributed by atoms with Gasteiger partial charge in [-0.3, -0.25) is 0 Å². The summed E-state index contributed by atoms with van der Waals surface area (Å²) in [4.78, 5) is 19.2. The number of methoxy groups -OCH3 is 2. The van der Waals surface area contributed by atoms with Gasteiger partial charge in [0.15, 0.2) is 16.7 Å². The Labute approximate surface area is 151 Å². The highest BCUT2D eigenvalue weighted by Crippen LogP contribution is 2.46. The van der Waals surface area contributed by atoms with Crippen molar-refractivity contribution >= 4 is 22.9 Å². The van der Waals surface area contributed by atoms with Crippen molar-refractivity contribution in [1.82, 2.24) is 4.90 Å². The van der Waals surface area contributed by atoms with Crippen LogP contribution in [0, 0.1) is 0 Å². The SMILES string of the molecule is CCOC(=O)C1=C(C)N=C2SC=CN2[C@@H]1c1cccc(OC)c1OC. The summed E-state index contributed by atoms with van der Waals surface area (Å²) in [6.45, 7) is 3.92. The van der Waals surface area contributed by atoms with Crippen molar-refractivity contribution in [1.29, 1.82) is 0 Å². The molecule has 2 aliphatic rings. The molecule has 0 saturated carbocycles. The first kappa shape index (κ1) is 17.4. The lowest BCUT2D eigenvalue weighted by molar-refractivity contribution is -0.139. The molecule has 25 heavy (non-hydrogen) atoms. The van der Waals surface area contributed by atoms with Crippen molar-refractivity contribution in [3.8, 4) is 11.5 Å². The van der Waals surface area contributed by atoms with E-state index in [1.54, 1.807) is 21.1 Å². The molecule has 132 valence electrons. The number of carbonyl (C=O) groups excluding carboxylic acids is 1. The normalized spacial score (nSPS) is 18.8. The van der Waals surface area contributed by atoms with Gasteiger partial charge in [-0.15, -0.1) is 0 Å². The summed E-state index contributed by atoms with van der Waals surface area (Å²) >= 11 is 1.52. The zero-order valence-corrected chi connectivity index (χ0v) is 15.4. The Morgan fingerprint density at radius 3 is 2.80 bits per heavy atom. The fourth-order valence-electron chi connectivity index (χ4n) is 3.00. The van der Waals surface area contributed by atoms with Gasteiger partial charge in [0, 0.05) is 11.8 Å². The zero-order chi connectivity index (χ0) is 18.0. The second-order valence-electron chi connectivity index (χ2n) is 5.41. The molecular weight excluding hydrogens is 340 g/mol. The van der Waals surface area contributed by atoms with Gasteiger partial charge >= 0.3 is 5.97 Å². The van der Waals surface area contributed by atoms with Crippen LogP contribution in [0.15, 0.2) is 46.1 Å². The number of carbonyl (C=O) groups is 1. The maximum absolute atomic E-state index is 12.7. The second-order valence-corrected chi connectivity index (χ2v) is 6.28. The smallest absolute Gasteiger partial charge is 0.338 e. The summed E-state index contributed by atoms with van der Waals surface area (Å²) in [5, 5.41) is 2.76. The van der Waals surface area contributed by atoms with Crippen LogP contribution in [0.1, 0.15) is 25.5 Å². The number of thioether (sulfide) groups is 1. The van der Waals surface area contributed by atoms with Crippen molar-refractivity contribution in [3.63, 3.8) is 0 Å². The molecule has 0 spiro atoms. The topological polar surface area (TPSA) is 60.4 Å². The molecule has 7 heteroatoms. The van der Waals surface area contributed by atoms with Crippen LogP contribution in [0.5, 0.6) is 11.5 Å². The monoisotopic (exact) mass is 360 g/mol. The molecule has 0 aliphatic carbocycles. The molecule has 6 nitrogen and oxygen atoms in total. The number of benzene rings is 1. The molecule has 0 saturated heterocycles. The molecule has 0 amide bonds. The Balaban J connectivity index is 2.19. The first-order valence-corrected chi connectivity index (χ1v) is 8.79. The van der Waals surface area contributed by atoms with Gasteiger partial charge in [-0.1, -0.05) is 23.9 Å². The molecule has 1 atom stereocenters. The van der Waals surface area contributed by atoms with E-state index < -0.39 is 0 Å². The summed E-state index contributed by atoms with van der Waals surface area (Å²) < 4.78 is 16.3. The molecule has 2 heterocycles. The lowest BCUT2D eigenvalue weighted by Crippen LogP contribution is -2.34. The highest BCUT2D eigenvalue weighted by atomic mass is 32.2. The van der Waals surface area contributed by atoms with E-state index in [2.05, 4.69) is 4.99 Å². The Bertz CT molecular complexity index is 785. The van der Waals surface area contributed by atoms with Crippen molar-refractivity contribution in [2.24, 2.45) is 4.99 Å². The fourth-order valence-corrected chi connectivity index (χ4v) is 3.79. The first-order chi connectivity index (χ1) is 12.1. The predicted molar refractivity (Wildman–Crippen MR) is 97.6 cm³/mol. The van der Waals surface area contributed by atoms with Crippen molar-refractivity contribution in [2.45, 2.75) is 19.9 Å². The quantitative estimate of drug-likeness (QED) is 0.750. The molecule has 1 aromatic carbocycles. The van der Waals surface area contributed by atoms with E-state index in [4.69, 9.17) is 14.2 Å². The highest BCUT2D eigenvalue weighted by Gasteiger charge is 2.39. The van der Waals surface area contributed by atoms with Crippen LogP contribution in [0.4, 0.5) is 0 Å². The second kappa shape index (κ2) is 7.23. The molecule has 3 rings (SSSR count). The number of rotatable bonds is 5. The third-order valence-corrected chi connectivity index (χ3v) is 4.81.